The van der Waals surface area contributed by atoms with E-state index in [2.05, 4.69) is 0 Å². The van der Waals surface area contributed by atoms with E-state index < -0.39 is 23.2 Å². The van der Waals surface area contributed by atoms with Gasteiger partial charge in [-0.2, -0.15) is 5.26 Å². The van der Waals surface area contributed by atoms with Gasteiger partial charge in [0.05, 0.1) is 27.8 Å². The lowest BCUT2D eigenvalue weighted by Gasteiger charge is -2.38. The second-order valence-corrected chi connectivity index (χ2v) is 5.68. The third-order valence-electron chi connectivity index (χ3n) is 3.51. The predicted molar refractivity (Wildman–Crippen MR) is 76.9 cm³/mol. The standard InChI is InChI=1S/C13H17BN2O5/c1-12(2,17)13(3,4)21-14(18)11-7-10(16(19)20)6-5-9(11)8-15/h5-7,17-18H,1-4H3. The second kappa shape index (κ2) is 5.81. The Labute approximate surface area is 123 Å². The molecule has 0 bridgehead atoms. The van der Waals surface area contributed by atoms with Crippen molar-refractivity contribution in [1.82, 2.24) is 0 Å². The lowest BCUT2D eigenvalue weighted by Crippen LogP contribution is -2.53. The molecule has 0 saturated heterocycles. The molecule has 0 radical (unpaired) electrons. The van der Waals surface area contributed by atoms with Gasteiger partial charge in [-0.3, -0.25) is 10.1 Å². The van der Waals surface area contributed by atoms with Gasteiger partial charge in [0, 0.05) is 17.6 Å². The van der Waals surface area contributed by atoms with E-state index >= 15 is 0 Å². The van der Waals surface area contributed by atoms with Crippen molar-refractivity contribution in [2.24, 2.45) is 0 Å². The maximum Gasteiger partial charge on any atom is 0.493 e. The van der Waals surface area contributed by atoms with Crippen molar-refractivity contribution in [2.75, 3.05) is 0 Å². The fraction of sp³-hybridized carbons (Fsp3) is 0.462. The van der Waals surface area contributed by atoms with Crippen molar-refractivity contribution >= 4 is 18.3 Å². The molecule has 0 aliphatic heterocycles. The van der Waals surface area contributed by atoms with Crippen LogP contribution in [-0.4, -0.2) is 33.4 Å². The third-order valence-corrected chi connectivity index (χ3v) is 3.51. The van der Waals surface area contributed by atoms with Gasteiger partial charge in [0.15, 0.2) is 0 Å². The van der Waals surface area contributed by atoms with Crippen molar-refractivity contribution in [2.45, 2.75) is 38.9 Å². The Morgan fingerprint density at radius 3 is 2.38 bits per heavy atom. The highest BCUT2D eigenvalue weighted by Crippen LogP contribution is 2.25. The Kier molecular flexibility index (Phi) is 4.74. The Bertz CT molecular complexity index is 589. The maximum atomic E-state index is 10.8. The fourth-order valence-electron chi connectivity index (χ4n) is 1.46. The molecular weight excluding hydrogens is 275 g/mol. The summed E-state index contributed by atoms with van der Waals surface area (Å²) in [5.41, 5.74) is -2.60. The molecule has 0 unspecified atom stereocenters. The first kappa shape index (κ1) is 17.1. The van der Waals surface area contributed by atoms with E-state index in [0.717, 1.165) is 6.07 Å². The molecule has 2 N–H and O–H groups in total. The minimum absolute atomic E-state index is 0.0102. The van der Waals surface area contributed by atoms with Gasteiger partial charge < -0.3 is 14.8 Å². The minimum atomic E-state index is -1.57. The highest BCUT2D eigenvalue weighted by Gasteiger charge is 2.40. The van der Waals surface area contributed by atoms with E-state index in [1.807, 2.05) is 6.07 Å². The summed E-state index contributed by atoms with van der Waals surface area (Å²) in [5.74, 6) is 0. The van der Waals surface area contributed by atoms with E-state index in [1.165, 1.54) is 26.0 Å². The van der Waals surface area contributed by atoms with E-state index in [9.17, 15) is 20.2 Å². The van der Waals surface area contributed by atoms with Crippen LogP contribution in [0.2, 0.25) is 0 Å². The molecule has 0 amide bonds. The molecule has 0 aliphatic carbocycles. The molecular formula is C13H17BN2O5. The fourth-order valence-corrected chi connectivity index (χ4v) is 1.46. The highest BCUT2D eigenvalue weighted by atomic mass is 16.6. The van der Waals surface area contributed by atoms with Gasteiger partial charge in [0.1, 0.15) is 0 Å². The quantitative estimate of drug-likeness (QED) is 0.469. The number of hydrogen-bond donors (Lipinski definition) is 2. The lowest BCUT2D eigenvalue weighted by atomic mass is 9.74. The number of benzene rings is 1. The smallest absolute Gasteiger partial charge is 0.423 e. The number of nitriles is 1. The summed E-state index contributed by atoms with van der Waals surface area (Å²) in [7, 11) is -1.57. The van der Waals surface area contributed by atoms with Gasteiger partial charge >= 0.3 is 7.12 Å². The topological polar surface area (TPSA) is 117 Å². The van der Waals surface area contributed by atoms with Crippen molar-refractivity contribution < 1.29 is 19.7 Å². The van der Waals surface area contributed by atoms with Crippen molar-refractivity contribution in [3.8, 4) is 6.07 Å². The molecule has 21 heavy (non-hydrogen) atoms. The molecule has 0 fully saturated rings. The Balaban J connectivity index is 3.18. The van der Waals surface area contributed by atoms with E-state index in [-0.39, 0.29) is 16.7 Å². The molecule has 1 rings (SSSR count). The van der Waals surface area contributed by atoms with Crippen LogP contribution in [0.4, 0.5) is 5.69 Å². The molecule has 0 spiro atoms. The SMILES string of the molecule is CC(C)(O)C(C)(C)OB(O)c1cc([N+](=O)[O-])ccc1C#N. The van der Waals surface area contributed by atoms with Gasteiger partial charge in [-0.05, 0) is 33.8 Å². The van der Waals surface area contributed by atoms with Crippen LogP contribution in [0.3, 0.4) is 0 Å². The first-order valence-electron chi connectivity index (χ1n) is 6.26. The minimum Gasteiger partial charge on any atom is -0.423 e. The number of nitro benzene ring substituents is 1. The predicted octanol–water partition coefficient (Wildman–Crippen LogP) is 0.720. The van der Waals surface area contributed by atoms with E-state index in [1.54, 1.807) is 13.8 Å². The molecule has 7 nitrogen and oxygen atoms in total. The summed E-state index contributed by atoms with van der Waals surface area (Å²) < 4.78 is 5.40. The highest BCUT2D eigenvalue weighted by molar-refractivity contribution is 6.61. The van der Waals surface area contributed by atoms with Crippen LogP contribution in [-0.2, 0) is 4.65 Å². The summed E-state index contributed by atoms with van der Waals surface area (Å²) in [6, 6.07) is 5.35. The maximum absolute atomic E-state index is 10.8. The van der Waals surface area contributed by atoms with Crippen molar-refractivity contribution in [1.29, 1.82) is 5.26 Å². The number of aliphatic hydroxyl groups is 1. The molecule has 8 heteroatoms. The number of nitro groups is 1. The van der Waals surface area contributed by atoms with Gasteiger partial charge in [0.2, 0.25) is 0 Å². The summed E-state index contributed by atoms with van der Waals surface area (Å²) >= 11 is 0. The normalized spacial score (nSPS) is 11.9. The van der Waals surface area contributed by atoms with Gasteiger partial charge in [-0.15, -0.1) is 0 Å². The van der Waals surface area contributed by atoms with Crippen LogP contribution in [0, 0.1) is 21.4 Å². The Morgan fingerprint density at radius 2 is 1.95 bits per heavy atom. The molecule has 0 aliphatic rings. The number of non-ortho nitro benzene ring substituents is 1. The number of hydrogen-bond acceptors (Lipinski definition) is 6. The zero-order valence-electron chi connectivity index (χ0n) is 12.3. The molecule has 1 aromatic carbocycles. The molecule has 0 atom stereocenters. The van der Waals surface area contributed by atoms with Crippen LogP contribution in [0.15, 0.2) is 18.2 Å². The van der Waals surface area contributed by atoms with Crippen LogP contribution in [0.1, 0.15) is 33.3 Å². The van der Waals surface area contributed by atoms with Crippen molar-refractivity contribution in [3.63, 3.8) is 0 Å². The number of rotatable bonds is 5. The molecule has 112 valence electrons. The summed E-state index contributed by atoms with van der Waals surface area (Å²) in [5, 5.41) is 39.9. The Morgan fingerprint density at radius 1 is 1.38 bits per heavy atom. The molecule has 0 saturated carbocycles. The molecule has 0 heterocycles. The largest absolute Gasteiger partial charge is 0.493 e. The first-order valence-corrected chi connectivity index (χ1v) is 6.26. The van der Waals surface area contributed by atoms with Crippen LogP contribution < -0.4 is 5.46 Å². The summed E-state index contributed by atoms with van der Waals surface area (Å²) in [4.78, 5) is 10.2. The molecule has 0 aromatic heterocycles. The van der Waals surface area contributed by atoms with Crippen LogP contribution >= 0.6 is 0 Å². The first-order chi connectivity index (χ1) is 9.49. The zero-order chi connectivity index (χ0) is 16.4. The van der Waals surface area contributed by atoms with Gasteiger partial charge in [-0.25, -0.2) is 0 Å². The Hall–Kier alpha value is -1.95. The van der Waals surface area contributed by atoms with Crippen LogP contribution in [0.5, 0.6) is 0 Å². The van der Waals surface area contributed by atoms with Crippen molar-refractivity contribution in [3.05, 3.63) is 33.9 Å². The van der Waals surface area contributed by atoms with E-state index in [4.69, 9.17) is 9.92 Å². The summed E-state index contributed by atoms with van der Waals surface area (Å²) in [6.45, 7) is 6.16. The van der Waals surface area contributed by atoms with E-state index in [0.29, 0.717) is 0 Å². The lowest BCUT2D eigenvalue weighted by molar-refractivity contribution is -0.384. The van der Waals surface area contributed by atoms with Gasteiger partial charge in [0.25, 0.3) is 5.69 Å². The average Bonchev–Trinajstić information content (AvgIpc) is 2.35. The monoisotopic (exact) mass is 292 g/mol. The van der Waals surface area contributed by atoms with Gasteiger partial charge in [-0.1, -0.05) is 0 Å². The number of nitrogens with zero attached hydrogens (tertiary/aromatic N) is 2. The molecule has 1 aromatic rings. The zero-order valence-corrected chi connectivity index (χ0v) is 12.3. The van der Waals surface area contributed by atoms with Crippen LogP contribution in [0.25, 0.3) is 0 Å². The average molecular weight is 292 g/mol. The second-order valence-electron chi connectivity index (χ2n) is 5.68. The summed E-state index contributed by atoms with van der Waals surface area (Å²) in [6.07, 6.45) is 0. The third kappa shape index (κ3) is 3.79.